The minimum atomic E-state index is -0.722. The summed E-state index contributed by atoms with van der Waals surface area (Å²) in [7, 11) is 1.81. The van der Waals surface area contributed by atoms with Gasteiger partial charge in [0.25, 0.3) is 5.91 Å². The van der Waals surface area contributed by atoms with Gasteiger partial charge in [-0.05, 0) is 41.1 Å². The highest BCUT2D eigenvalue weighted by atomic mass is 79.9. The van der Waals surface area contributed by atoms with Crippen molar-refractivity contribution in [3.05, 3.63) is 46.6 Å². The Bertz CT molecular complexity index is 577. The van der Waals surface area contributed by atoms with Gasteiger partial charge in [-0.15, -0.1) is 0 Å². The molecule has 0 saturated heterocycles. The maximum Gasteiger partial charge on any atom is 0.268 e. The molecule has 0 aliphatic carbocycles. The van der Waals surface area contributed by atoms with E-state index in [1.807, 2.05) is 20.2 Å². The van der Waals surface area contributed by atoms with E-state index in [-0.39, 0.29) is 11.9 Å². The lowest BCUT2D eigenvalue weighted by atomic mass is 10.1. The van der Waals surface area contributed by atoms with Gasteiger partial charge in [0.2, 0.25) is 0 Å². The molecule has 0 aromatic carbocycles. The molecule has 5 nitrogen and oxygen atoms in total. The largest absolute Gasteiger partial charge is 0.467 e. The molecule has 0 aliphatic heterocycles. The van der Waals surface area contributed by atoms with Gasteiger partial charge in [0, 0.05) is 30.2 Å². The summed E-state index contributed by atoms with van der Waals surface area (Å²) >= 11 is 3.33. The van der Waals surface area contributed by atoms with Crippen LogP contribution >= 0.6 is 15.9 Å². The number of aromatic nitrogens is 1. The number of aliphatic hydroxyl groups is 1. The van der Waals surface area contributed by atoms with Crippen molar-refractivity contribution in [1.82, 2.24) is 9.88 Å². The Balaban J connectivity index is 1.93. The Hall–Kier alpha value is -1.53. The molecule has 2 aromatic heterocycles. The van der Waals surface area contributed by atoms with Crippen LogP contribution in [-0.2, 0) is 7.05 Å². The molecule has 0 aliphatic rings. The average Bonchev–Trinajstić information content (AvgIpc) is 2.98. The molecule has 0 radical (unpaired) electrons. The van der Waals surface area contributed by atoms with Gasteiger partial charge in [-0.2, -0.15) is 0 Å². The molecule has 1 amide bonds. The van der Waals surface area contributed by atoms with E-state index in [1.165, 1.54) is 6.26 Å². The van der Waals surface area contributed by atoms with Crippen molar-refractivity contribution >= 4 is 21.8 Å². The molecule has 0 spiro atoms. The third-order valence-electron chi connectivity index (χ3n) is 3.03. The van der Waals surface area contributed by atoms with Crippen LogP contribution < -0.4 is 5.32 Å². The number of carbonyl (C=O) groups is 1. The number of nitrogens with zero attached hydrogens (tertiary/aromatic N) is 1. The number of hydrogen-bond donors (Lipinski definition) is 2. The number of amides is 1. The standard InChI is InChI=1S/C14H17BrN2O3/c1-9(6-12(18)13-4-3-5-20-13)16-14(19)11-7-10(15)8-17(11)2/h3-5,7-9,12,18H,6H2,1-2H3,(H,16,19). The van der Waals surface area contributed by atoms with Crippen LogP contribution in [0.25, 0.3) is 0 Å². The first-order valence-electron chi connectivity index (χ1n) is 6.31. The molecule has 2 atom stereocenters. The summed E-state index contributed by atoms with van der Waals surface area (Å²) in [6, 6.07) is 5.03. The van der Waals surface area contributed by atoms with Crippen LogP contribution in [0.2, 0.25) is 0 Å². The van der Waals surface area contributed by atoms with Gasteiger partial charge in [0.15, 0.2) is 0 Å². The fourth-order valence-corrected chi connectivity index (χ4v) is 2.56. The lowest BCUT2D eigenvalue weighted by Gasteiger charge is -2.16. The maximum atomic E-state index is 12.1. The smallest absolute Gasteiger partial charge is 0.268 e. The zero-order valence-electron chi connectivity index (χ0n) is 11.3. The van der Waals surface area contributed by atoms with Gasteiger partial charge in [-0.25, -0.2) is 0 Å². The molecule has 2 heterocycles. The highest BCUT2D eigenvalue weighted by Gasteiger charge is 2.18. The monoisotopic (exact) mass is 340 g/mol. The first-order chi connectivity index (χ1) is 9.47. The normalized spacial score (nSPS) is 14.0. The Morgan fingerprint density at radius 3 is 2.90 bits per heavy atom. The van der Waals surface area contributed by atoms with Gasteiger partial charge < -0.3 is 19.4 Å². The second-order valence-corrected chi connectivity index (χ2v) is 5.71. The summed E-state index contributed by atoms with van der Waals surface area (Å²) < 4.78 is 7.74. The number of rotatable bonds is 5. The van der Waals surface area contributed by atoms with Crippen LogP contribution in [0.3, 0.4) is 0 Å². The second-order valence-electron chi connectivity index (χ2n) is 4.80. The van der Waals surface area contributed by atoms with Crippen molar-refractivity contribution < 1.29 is 14.3 Å². The predicted octanol–water partition coefficient (Wildman–Crippen LogP) is 2.62. The third kappa shape index (κ3) is 3.52. The Labute approximate surface area is 125 Å². The van der Waals surface area contributed by atoms with Crippen LogP contribution in [0.15, 0.2) is 39.5 Å². The van der Waals surface area contributed by atoms with E-state index < -0.39 is 6.10 Å². The van der Waals surface area contributed by atoms with Crippen molar-refractivity contribution in [1.29, 1.82) is 0 Å². The maximum absolute atomic E-state index is 12.1. The molecule has 2 aromatic rings. The Kier molecular flexibility index (Phi) is 4.67. The molecule has 2 rings (SSSR count). The fraction of sp³-hybridized carbons (Fsp3) is 0.357. The van der Waals surface area contributed by atoms with E-state index in [4.69, 9.17) is 4.42 Å². The Morgan fingerprint density at radius 1 is 1.60 bits per heavy atom. The van der Waals surface area contributed by atoms with Crippen molar-refractivity contribution in [2.75, 3.05) is 0 Å². The summed E-state index contributed by atoms with van der Waals surface area (Å²) in [5.74, 6) is 0.338. The second kappa shape index (κ2) is 6.28. The molecule has 0 saturated carbocycles. The van der Waals surface area contributed by atoms with Gasteiger partial charge in [0.05, 0.1) is 6.26 Å². The fourth-order valence-electron chi connectivity index (χ4n) is 2.04. The van der Waals surface area contributed by atoms with Gasteiger partial charge in [-0.1, -0.05) is 0 Å². The summed E-state index contributed by atoms with van der Waals surface area (Å²) in [4.78, 5) is 12.1. The number of furan rings is 1. The number of nitrogens with one attached hydrogen (secondary N) is 1. The zero-order valence-corrected chi connectivity index (χ0v) is 12.9. The van der Waals surface area contributed by atoms with Crippen LogP contribution in [0, 0.1) is 0 Å². The minimum absolute atomic E-state index is 0.169. The highest BCUT2D eigenvalue weighted by molar-refractivity contribution is 9.10. The molecule has 108 valence electrons. The summed E-state index contributed by atoms with van der Waals surface area (Å²) in [5.41, 5.74) is 0.566. The van der Waals surface area contributed by atoms with E-state index in [0.29, 0.717) is 17.9 Å². The predicted molar refractivity (Wildman–Crippen MR) is 78.3 cm³/mol. The van der Waals surface area contributed by atoms with Crippen molar-refractivity contribution in [2.24, 2.45) is 7.05 Å². The molecular weight excluding hydrogens is 324 g/mol. The highest BCUT2D eigenvalue weighted by Crippen LogP contribution is 2.19. The Morgan fingerprint density at radius 2 is 2.35 bits per heavy atom. The number of halogens is 1. The summed E-state index contributed by atoms with van der Waals surface area (Å²) in [5, 5.41) is 12.8. The molecule has 2 N–H and O–H groups in total. The summed E-state index contributed by atoms with van der Waals surface area (Å²) in [6.45, 7) is 1.85. The van der Waals surface area contributed by atoms with Crippen molar-refractivity contribution in [3.63, 3.8) is 0 Å². The quantitative estimate of drug-likeness (QED) is 0.879. The van der Waals surface area contributed by atoms with Crippen molar-refractivity contribution in [2.45, 2.75) is 25.5 Å². The van der Waals surface area contributed by atoms with Gasteiger partial charge in [-0.3, -0.25) is 4.79 Å². The lowest BCUT2D eigenvalue weighted by Crippen LogP contribution is -2.34. The van der Waals surface area contributed by atoms with Crippen LogP contribution in [0.1, 0.15) is 35.7 Å². The first kappa shape index (κ1) is 14.9. The summed E-state index contributed by atoms with van der Waals surface area (Å²) in [6.07, 6.45) is 3.01. The van der Waals surface area contributed by atoms with Crippen LogP contribution in [0.4, 0.5) is 0 Å². The molecule has 6 heteroatoms. The van der Waals surface area contributed by atoms with Crippen molar-refractivity contribution in [3.8, 4) is 0 Å². The molecular formula is C14H17BrN2O3. The van der Waals surface area contributed by atoms with E-state index in [1.54, 1.807) is 22.8 Å². The molecule has 0 fully saturated rings. The zero-order chi connectivity index (χ0) is 14.7. The van der Waals surface area contributed by atoms with E-state index >= 15 is 0 Å². The molecule has 2 unspecified atom stereocenters. The lowest BCUT2D eigenvalue weighted by molar-refractivity contribution is 0.0895. The van der Waals surface area contributed by atoms with E-state index in [2.05, 4.69) is 21.2 Å². The number of aliphatic hydroxyl groups excluding tert-OH is 1. The van der Waals surface area contributed by atoms with Gasteiger partial charge in [0.1, 0.15) is 17.6 Å². The van der Waals surface area contributed by atoms with E-state index in [0.717, 1.165) is 4.47 Å². The SMILES string of the molecule is CC(CC(O)c1ccco1)NC(=O)c1cc(Br)cn1C. The third-order valence-corrected chi connectivity index (χ3v) is 3.46. The molecule has 20 heavy (non-hydrogen) atoms. The topological polar surface area (TPSA) is 67.4 Å². The van der Waals surface area contributed by atoms with E-state index in [9.17, 15) is 9.90 Å². The molecule has 0 bridgehead atoms. The number of hydrogen-bond acceptors (Lipinski definition) is 3. The number of aryl methyl sites for hydroxylation is 1. The first-order valence-corrected chi connectivity index (χ1v) is 7.11. The van der Waals surface area contributed by atoms with Crippen LogP contribution in [0.5, 0.6) is 0 Å². The van der Waals surface area contributed by atoms with Crippen LogP contribution in [-0.4, -0.2) is 21.6 Å². The van der Waals surface area contributed by atoms with Gasteiger partial charge >= 0.3 is 0 Å². The average molecular weight is 341 g/mol. The minimum Gasteiger partial charge on any atom is -0.467 e. The number of carbonyl (C=O) groups excluding carboxylic acids is 1.